The van der Waals surface area contributed by atoms with Crippen LogP contribution in [0.1, 0.15) is 55.3 Å². The number of amides is 1. The van der Waals surface area contributed by atoms with E-state index in [0.29, 0.717) is 50.8 Å². The summed E-state index contributed by atoms with van der Waals surface area (Å²) in [6, 6.07) is 7.45. The van der Waals surface area contributed by atoms with Gasteiger partial charge in [0.05, 0.1) is 18.5 Å². The molecule has 2 aromatic heterocycles. The van der Waals surface area contributed by atoms with Crippen LogP contribution in [-0.2, 0) is 29.1 Å². The third kappa shape index (κ3) is 3.53. The Morgan fingerprint density at radius 3 is 2.63 bits per heavy atom. The summed E-state index contributed by atoms with van der Waals surface area (Å²) in [5.74, 6) is -1.90. The van der Waals surface area contributed by atoms with Crippen LogP contribution in [-0.4, -0.2) is 38.0 Å². The van der Waals surface area contributed by atoms with E-state index < -0.39 is 23.0 Å². The van der Waals surface area contributed by atoms with E-state index in [2.05, 4.69) is 4.98 Å². The van der Waals surface area contributed by atoms with Crippen LogP contribution < -0.4 is 0 Å². The standard InChI is InChI=1S/C27H27F2N3O3/c28-18-4-3-17(21(29)12-18)14-32-22-15-31(11-5-19(22)20-2-1-10-30-24(20)32)23(33)13-26-6-8-27(16-26,9-7-26)25(34)35/h1-4,10,12H,5-9,11,13-16H2,(H,34,35). The quantitative estimate of drug-likeness (QED) is 0.577. The van der Waals surface area contributed by atoms with Gasteiger partial charge in [-0.15, -0.1) is 0 Å². The van der Waals surface area contributed by atoms with Crippen molar-refractivity contribution in [2.75, 3.05) is 6.54 Å². The van der Waals surface area contributed by atoms with Crippen LogP contribution in [0.2, 0.25) is 0 Å². The summed E-state index contributed by atoms with van der Waals surface area (Å²) in [6.07, 6.45) is 6.23. The van der Waals surface area contributed by atoms with Gasteiger partial charge in [0, 0.05) is 41.9 Å². The molecule has 2 aliphatic carbocycles. The molecule has 3 aliphatic rings. The van der Waals surface area contributed by atoms with Gasteiger partial charge in [0.1, 0.15) is 17.3 Å². The lowest BCUT2D eigenvalue weighted by Crippen LogP contribution is -2.39. The zero-order valence-corrected chi connectivity index (χ0v) is 19.4. The number of fused-ring (bicyclic) bond motifs is 5. The van der Waals surface area contributed by atoms with Crippen molar-refractivity contribution < 1.29 is 23.5 Å². The average molecular weight is 480 g/mol. The maximum absolute atomic E-state index is 14.5. The molecule has 3 aromatic rings. The third-order valence-electron chi connectivity index (χ3n) is 8.67. The van der Waals surface area contributed by atoms with Gasteiger partial charge in [-0.3, -0.25) is 9.59 Å². The minimum atomic E-state index is -0.725. The first-order valence-electron chi connectivity index (χ1n) is 12.2. The van der Waals surface area contributed by atoms with Crippen molar-refractivity contribution in [3.8, 4) is 0 Å². The number of carboxylic acids is 1. The number of halogens is 2. The minimum absolute atomic E-state index is 0.0523. The molecule has 6 nitrogen and oxygen atoms in total. The second-order valence-corrected chi connectivity index (χ2v) is 10.6. The number of hydrogen-bond donors (Lipinski definition) is 1. The van der Waals surface area contributed by atoms with Crippen LogP contribution in [0, 0.1) is 22.5 Å². The van der Waals surface area contributed by atoms with E-state index in [9.17, 15) is 23.5 Å². The molecule has 2 saturated carbocycles. The topological polar surface area (TPSA) is 75.4 Å². The Hall–Kier alpha value is -3.29. The third-order valence-corrected chi connectivity index (χ3v) is 8.67. The molecule has 0 atom stereocenters. The van der Waals surface area contributed by atoms with Crippen LogP contribution in [0.25, 0.3) is 11.0 Å². The number of carbonyl (C=O) groups excluding carboxylic acids is 1. The van der Waals surface area contributed by atoms with Crippen LogP contribution in [0.3, 0.4) is 0 Å². The summed E-state index contributed by atoms with van der Waals surface area (Å²) in [5, 5.41) is 10.7. The molecule has 1 N–H and O–H groups in total. The molecule has 1 aliphatic heterocycles. The van der Waals surface area contributed by atoms with E-state index in [0.717, 1.165) is 41.2 Å². The molecule has 35 heavy (non-hydrogen) atoms. The maximum Gasteiger partial charge on any atom is 0.309 e. The second-order valence-electron chi connectivity index (χ2n) is 10.6. The molecule has 6 rings (SSSR count). The molecule has 2 fully saturated rings. The van der Waals surface area contributed by atoms with E-state index in [1.165, 1.54) is 12.1 Å². The van der Waals surface area contributed by atoms with E-state index in [4.69, 9.17) is 0 Å². The number of aromatic nitrogens is 2. The van der Waals surface area contributed by atoms with Gasteiger partial charge in [-0.05, 0) is 67.7 Å². The monoisotopic (exact) mass is 479 g/mol. The summed E-state index contributed by atoms with van der Waals surface area (Å²) in [7, 11) is 0. The highest BCUT2D eigenvalue weighted by Crippen LogP contribution is 2.63. The Morgan fingerprint density at radius 1 is 1.11 bits per heavy atom. The van der Waals surface area contributed by atoms with E-state index in [1.807, 2.05) is 21.6 Å². The second kappa shape index (κ2) is 7.86. The van der Waals surface area contributed by atoms with Crippen molar-refractivity contribution in [2.24, 2.45) is 10.8 Å². The Balaban J connectivity index is 1.29. The predicted octanol–water partition coefficient (Wildman–Crippen LogP) is 4.67. The van der Waals surface area contributed by atoms with Crippen molar-refractivity contribution >= 4 is 22.9 Å². The highest BCUT2D eigenvalue weighted by molar-refractivity contribution is 5.84. The summed E-state index contributed by atoms with van der Waals surface area (Å²) in [5.41, 5.74) is 2.28. The molecule has 3 heterocycles. The Morgan fingerprint density at radius 2 is 1.91 bits per heavy atom. The highest BCUT2D eigenvalue weighted by atomic mass is 19.1. The summed E-state index contributed by atoms with van der Waals surface area (Å²) in [6.45, 7) is 1.18. The highest BCUT2D eigenvalue weighted by Gasteiger charge is 2.58. The van der Waals surface area contributed by atoms with Crippen molar-refractivity contribution in [3.05, 3.63) is 65.0 Å². The number of nitrogens with zero attached hydrogens (tertiary/aromatic N) is 3. The fraction of sp³-hybridized carbons (Fsp3) is 0.444. The van der Waals surface area contributed by atoms with Crippen LogP contribution in [0.4, 0.5) is 8.78 Å². The van der Waals surface area contributed by atoms with Crippen molar-refractivity contribution in [2.45, 2.75) is 58.0 Å². The zero-order valence-electron chi connectivity index (χ0n) is 19.4. The van der Waals surface area contributed by atoms with Crippen LogP contribution in [0.5, 0.6) is 0 Å². The molecule has 1 aromatic carbocycles. The maximum atomic E-state index is 14.5. The number of benzene rings is 1. The summed E-state index contributed by atoms with van der Waals surface area (Å²) < 4.78 is 29.9. The molecule has 8 heteroatoms. The van der Waals surface area contributed by atoms with Gasteiger partial charge in [-0.25, -0.2) is 13.8 Å². The Bertz CT molecular complexity index is 1360. The fourth-order valence-corrected chi connectivity index (χ4v) is 6.76. The zero-order chi connectivity index (χ0) is 24.4. The van der Waals surface area contributed by atoms with Gasteiger partial charge in [0.25, 0.3) is 0 Å². The first kappa shape index (κ1) is 22.2. The molecule has 0 saturated heterocycles. The van der Waals surface area contributed by atoms with Crippen LogP contribution in [0.15, 0.2) is 36.5 Å². The van der Waals surface area contributed by atoms with Crippen LogP contribution >= 0.6 is 0 Å². The smallest absolute Gasteiger partial charge is 0.309 e. The first-order chi connectivity index (χ1) is 16.8. The van der Waals surface area contributed by atoms with Gasteiger partial charge in [-0.2, -0.15) is 0 Å². The first-order valence-corrected chi connectivity index (χ1v) is 12.2. The molecule has 0 radical (unpaired) electrons. The molecule has 0 unspecified atom stereocenters. The lowest BCUT2D eigenvalue weighted by atomic mass is 9.80. The van der Waals surface area contributed by atoms with Gasteiger partial charge in [-0.1, -0.05) is 6.07 Å². The van der Waals surface area contributed by atoms with Gasteiger partial charge in [0.15, 0.2) is 0 Å². The Labute approximate surface area is 201 Å². The fourth-order valence-electron chi connectivity index (χ4n) is 6.76. The van der Waals surface area contributed by atoms with Gasteiger partial charge >= 0.3 is 5.97 Å². The minimum Gasteiger partial charge on any atom is -0.481 e. The SMILES string of the molecule is O=C(CC12CCC(C(=O)O)(CC1)C2)N1CCc2c(n(Cc3ccc(F)cc3F)c3ncccc23)C1. The van der Waals surface area contributed by atoms with Gasteiger partial charge < -0.3 is 14.6 Å². The van der Waals surface area contributed by atoms with Gasteiger partial charge in [0.2, 0.25) is 5.91 Å². The van der Waals surface area contributed by atoms with Crippen molar-refractivity contribution in [1.82, 2.24) is 14.5 Å². The van der Waals surface area contributed by atoms with Crippen molar-refractivity contribution in [1.29, 1.82) is 0 Å². The van der Waals surface area contributed by atoms with E-state index >= 15 is 0 Å². The summed E-state index contributed by atoms with van der Waals surface area (Å²) >= 11 is 0. The van der Waals surface area contributed by atoms with E-state index in [-0.39, 0.29) is 17.9 Å². The van der Waals surface area contributed by atoms with E-state index in [1.54, 1.807) is 6.20 Å². The number of pyridine rings is 1. The number of hydrogen-bond acceptors (Lipinski definition) is 3. The molecule has 0 spiro atoms. The number of rotatable bonds is 5. The molecule has 1 amide bonds. The normalized spacial score (nSPS) is 25.3. The molecule has 182 valence electrons. The predicted molar refractivity (Wildman–Crippen MR) is 125 cm³/mol. The lowest BCUT2D eigenvalue weighted by Gasteiger charge is -2.33. The number of aliphatic carboxylic acids is 1. The average Bonchev–Trinajstić information content (AvgIpc) is 3.50. The van der Waals surface area contributed by atoms with Crippen molar-refractivity contribution in [3.63, 3.8) is 0 Å². The largest absolute Gasteiger partial charge is 0.481 e. The number of carboxylic acid groups (broad SMARTS) is 1. The Kier molecular flexibility index (Phi) is 4.99. The molecular formula is C27H27F2N3O3. The molecule has 2 bridgehead atoms. The molecular weight excluding hydrogens is 452 g/mol. The number of carbonyl (C=O) groups is 2. The lowest BCUT2D eigenvalue weighted by molar-refractivity contribution is -0.148. The summed E-state index contributed by atoms with van der Waals surface area (Å²) in [4.78, 5) is 31.7.